The molecular weight excluding hydrogens is 246 g/mol. The Morgan fingerprint density at radius 3 is 2.94 bits per heavy atom. The zero-order valence-corrected chi connectivity index (χ0v) is 10.6. The third-order valence-electron chi connectivity index (χ3n) is 2.58. The summed E-state index contributed by atoms with van der Waals surface area (Å²) < 4.78 is 22.6. The third kappa shape index (κ3) is 2.68. The van der Waals surface area contributed by atoms with Gasteiger partial charge in [-0.25, -0.2) is 13.4 Å². The Morgan fingerprint density at radius 1 is 1.62 bits per heavy atom. The molecule has 1 aromatic rings. The van der Waals surface area contributed by atoms with Gasteiger partial charge in [-0.05, 0) is 13.3 Å². The Kier molecular flexibility index (Phi) is 3.12. The highest BCUT2D eigenvalue weighted by Gasteiger charge is 2.30. The van der Waals surface area contributed by atoms with Crippen LogP contribution in [0.25, 0.3) is 0 Å². The van der Waals surface area contributed by atoms with Crippen molar-refractivity contribution in [1.82, 2.24) is 4.98 Å². The van der Waals surface area contributed by atoms with Crippen LogP contribution in [0.15, 0.2) is 5.38 Å². The van der Waals surface area contributed by atoms with E-state index < -0.39 is 9.84 Å². The second kappa shape index (κ2) is 4.25. The van der Waals surface area contributed by atoms with Crippen molar-refractivity contribution in [3.63, 3.8) is 0 Å². The normalized spacial score (nSPS) is 23.4. The molecule has 0 N–H and O–H groups in total. The maximum absolute atomic E-state index is 11.3. The maximum atomic E-state index is 11.3. The average Bonchev–Trinajstić information content (AvgIpc) is 2.71. The van der Waals surface area contributed by atoms with E-state index in [0.29, 0.717) is 12.8 Å². The van der Waals surface area contributed by atoms with Gasteiger partial charge in [0.2, 0.25) is 0 Å². The molecule has 1 saturated heterocycles. The van der Waals surface area contributed by atoms with Gasteiger partial charge in [-0.3, -0.25) is 4.79 Å². The fraction of sp³-hybridized carbons (Fsp3) is 0.600. The topological polar surface area (TPSA) is 64.1 Å². The number of hydrogen-bond donors (Lipinski definition) is 0. The SMILES string of the molecule is CC(=O)Cc1csc(C2CCS(=O)(=O)C2)n1. The number of Topliss-reactive ketones (excluding diaryl/α,β-unsaturated/α-hetero) is 1. The first kappa shape index (κ1) is 11.7. The predicted octanol–water partition coefficient (Wildman–Crippen LogP) is 1.18. The molecule has 2 rings (SSSR count). The highest BCUT2D eigenvalue weighted by atomic mass is 32.2. The Morgan fingerprint density at radius 2 is 2.38 bits per heavy atom. The van der Waals surface area contributed by atoms with E-state index in [1.54, 1.807) is 0 Å². The smallest absolute Gasteiger partial charge is 0.151 e. The quantitative estimate of drug-likeness (QED) is 0.817. The van der Waals surface area contributed by atoms with Gasteiger partial charge in [0.05, 0.1) is 22.2 Å². The van der Waals surface area contributed by atoms with E-state index in [-0.39, 0.29) is 23.2 Å². The van der Waals surface area contributed by atoms with Gasteiger partial charge in [0.15, 0.2) is 9.84 Å². The zero-order valence-electron chi connectivity index (χ0n) is 8.97. The Balaban J connectivity index is 2.11. The summed E-state index contributed by atoms with van der Waals surface area (Å²) >= 11 is 1.46. The van der Waals surface area contributed by atoms with Crippen LogP contribution in [-0.2, 0) is 21.1 Å². The summed E-state index contributed by atoms with van der Waals surface area (Å²) in [5, 5.41) is 2.71. The molecule has 1 aliphatic rings. The number of thiazole rings is 1. The third-order valence-corrected chi connectivity index (χ3v) is 5.41. The van der Waals surface area contributed by atoms with Gasteiger partial charge in [0.1, 0.15) is 5.78 Å². The van der Waals surface area contributed by atoms with Crippen LogP contribution in [0.2, 0.25) is 0 Å². The lowest BCUT2D eigenvalue weighted by atomic mass is 10.1. The van der Waals surface area contributed by atoms with Crippen LogP contribution in [0.5, 0.6) is 0 Å². The average molecular weight is 259 g/mol. The molecule has 4 nitrogen and oxygen atoms in total. The second-order valence-electron chi connectivity index (χ2n) is 4.16. The van der Waals surface area contributed by atoms with E-state index in [9.17, 15) is 13.2 Å². The molecule has 0 aromatic carbocycles. The predicted molar refractivity (Wildman–Crippen MR) is 62.5 cm³/mol. The summed E-state index contributed by atoms with van der Waals surface area (Å²) in [6.45, 7) is 1.53. The van der Waals surface area contributed by atoms with E-state index in [1.165, 1.54) is 18.3 Å². The van der Waals surface area contributed by atoms with Crippen LogP contribution in [0.1, 0.15) is 30.0 Å². The van der Waals surface area contributed by atoms with Crippen molar-refractivity contribution in [2.24, 2.45) is 0 Å². The molecule has 1 aromatic heterocycles. The first-order valence-electron chi connectivity index (χ1n) is 5.10. The van der Waals surface area contributed by atoms with Crippen molar-refractivity contribution in [1.29, 1.82) is 0 Å². The number of ketones is 1. The number of nitrogens with zero attached hydrogens (tertiary/aromatic N) is 1. The van der Waals surface area contributed by atoms with Crippen LogP contribution >= 0.6 is 11.3 Å². The molecule has 0 amide bonds. The lowest BCUT2D eigenvalue weighted by Crippen LogP contribution is -2.04. The molecule has 2 heterocycles. The molecule has 0 aliphatic carbocycles. The fourth-order valence-corrected chi connectivity index (χ4v) is 4.65. The molecule has 6 heteroatoms. The van der Waals surface area contributed by atoms with Crippen molar-refractivity contribution in [3.05, 3.63) is 16.1 Å². The molecule has 1 unspecified atom stereocenters. The molecule has 88 valence electrons. The van der Waals surface area contributed by atoms with E-state index in [0.717, 1.165) is 10.7 Å². The minimum Gasteiger partial charge on any atom is -0.300 e. The van der Waals surface area contributed by atoms with Gasteiger partial charge in [-0.15, -0.1) is 11.3 Å². The van der Waals surface area contributed by atoms with Crippen molar-refractivity contribution in [3.8, 4) is 0 Å². The summed E-state index contributed by atoms with van der Waals surface area (Å²) in [6, 6.07) is 0. The first-order chi connectivity index (χ1) is 7.46. The van der Waals surface area contributed by atoms with Gasteiger partial charge >= 0.3 is 0 Å². The van der Waals surface area contributed by atoms with Gasteiger partial charge in [0, 0.05) is 17.7 Å². The summed E-state index contributed by atoms with van der Waals surface area (Å²) in [7, 11) is -2.86. The summed E-state index contributed by atoms with van der Waals surface area (Å²) in [6.07, 6.45) is 1.01. The number of sulfone groups is 1. The Bertz CT molecular complexity index is 504. The molecule has 1 fully saturated rings. The van der Waals surface area contributed by atoms with Crippen LogP contribution in [0.4, 0.5) is 0 Å². The number of carbonyl (C=O) groups is 1. The molecule has 1 aliphatic heterocycles. The molecule has 0 radical (unpaired) electrons. The van der Waals surface area contributed by atoms with E-state index in [4.69, 9.17) is 0 Å². The van der Waals surface area contributed by atoms with Gasteiger partial charge < -0.3 is 0 Å². The Labute approximate surface area is 98.6 Å². The molecule has 0 saturated carbocycles. The molecule has 0 spiro atoms. The van der Waals surface area contributed by atoms with Gasteiger partial charge in [0.25, 0.3) is 0 Å². The molecule has 0 bridgehead atoms. The fourth-order valence-electron chi connectivity index (χ4n) is 1.84. The molecular formula is C10H13NO3S2. The summed E-state index contributed by atoms with van der Waals surface area (Å²) in [5.74, 6) is 0.589. The number of hydrogen-bond acceptors (Lipinski definition) is 5. The van der Waals surface area contributed by atoms with Crippen LogP contribution in [0, 0.1) is 0 Å². The largest absolute Gasteiger partial charge is 0.300 e. The van der Waals surface area contributed by atoms with E-state index in [1.807, 2.05) is 5.38 Å². The Hall–Kier alpha value is -0.750. The van der Waals surface area contributed by atoms with Crippen molar-refractivity contribution in [2.45, 2.75) is 25.7 Å². The second-order valence-corrected chi connectivity index (χ2v) is 7.27. The van der Waals surface area contributed by atoms with Crippen LogP contribution in [-0.4, -0.2) is 30.7 Å². The van der Waals surface area contributed by atoms with E-state index >= 15 is 0 Å². The standard InChI is InChI=1S/C10H13NO3S2/c1-7(12)4-9-5-15-10(11-9)8-2-3-16(13,14)6-8/h5,8H,2-4,6H2,1H3. The van der Waals surface area contributed by atoms with Gasteiger partial charge in [-0.2, -0.15) is 0 Å². The van der Waals surface area contributed by atoms with E-state index in [2.05, 4.69) is 4.98 Å². The van der Waals surface area contributed by atoms with Gasteiger partial charge in [-0.1, -0.05) is 0 Å². The van der Waals surface area contributed by atoms with Crippen molar-refractivity contribution in [2.75, 3.05) is 11.5 Å². The molecule has 16 heavy (non-hydrogen) atoms. The van der Waals surface area contributed by atoms with Crippen molar-refractivity contribution >= 4 is 27.0 Å². The lowest BCUT2D eigenvalue weighted by molar-refractivity contribution is -0.116. The minimum atomic E-state index is -2.86. The van der Waals surface area contributed by atoms with Crippen LogP contribution in [0.3, 0.4) is 0 Å². The maximum Gasteiger partial charge on any atom is 0.151 e. The molecule has 1 atom stereocenters. The lowest BCUT2D eigenvalue weighted by Gasteiger charge is -2.01. The highest BCUT2D eigenvalue weighted by Crippen LogP contribution is 2.30. The minimum absolute atomic E-state index is 0.0377. The highest BCUT2D eigenvalue weighted by molar-refractivity contribution is 7.91. The first-order valence-corrected chi connectivity index (χ1v) is 7.80. The monoisotopic (exact) mass is 259 g/mol. The summed E-state index contributed by atoms with van der Waals surface area (Å²) in [4.78, 5) is 15.2. The summed E-state index contributed by atoms with van der Waals surface area (Å²) in [5.41, 5.74) is 0.761. The van der Waals surface area contributed by atoms with Crippen molar-refractivity contribution < 1.29 is 13.2 Å². The number of aromatic nitrogens is 1. The number of rotatable bonds is 3. The van der Waals surface area contributed by atoms with Crippen LogP contribution < -0.4 is 0 Å². The zero-order chi connectivity index (χ0) is 11.8. The number of carbonyl (C=O) groups excluding carboxylic acids is 1.